The first kappa shape index (κ1) is 24.6. The molecule has 0 radical (unpaired) electrons. The number of hydrogen-bond donors (Lipinski definition) is 1. The van der Waals surface area contributed by atoms with E-state index in [1.165, 1.54) is 25.2 Å². The summed E-state index contributed by atoms with van der Waals surface area (Å²) in [6.45, 7) is 3.79. The minimum absolute atomic E-state index is 0.0158. The molecule has 3 aromatic rings. The molecular weight excluding hydrogens is 491 g/mol. The lowest BCUT2D eigenvalue weighted by atomic mass is 9.97. The van der Waals surface area contributed by atoms with E-state index in [4.69, 9.17) is 32.7 Å². The van der Waals surface area contributed by atoms with Crippen LogP contribution in [0, 0.1) is 13.8 Å². The highest BCUT2D eigenvalue weighted by Gasteiger charge is 2.48. The van der Waals surface area contributed by atoms with Gasteiger partial charge in [-0.2, -0.15) is 0 Å². The fourth-order valence-electron chi connectivity index (χ4n) is 4.27. The van der Waals surface area contributed by atoms with E-state index in [-0.39, 0.29) is 32.7 Å². The van der Waals surface area contributed by atoms with Crippen LogP contribution in [-0.2, 0) is 9.59 Å². The van der Waals surface area contributed by atoms with Crippen molar-refractivity contribution in [2.24, 2.45) is 0 Å². The molecule has 9 heteroatoms. The Morgan fingerprint density at radius 3 is 2.34 bits per heavy atom. The molecule has 1 atom stereocenters. The van der Waals surface area contributed by atoms with Crippen LogP contribution in [0.5, 0.6) is 11.5 Å². The van der Waals surface area contributed by atoms with Gasteiger partial charge in [0.05, 0.1) is 36.1 Å². The SMILES string of the molecule is COc1c(Cl)cc(/C(O)=C2\C(=O)C(=O)N(c3ccc(C)cc3C)C2c2ccccn2)c(OC)c1Cl. The van der Waals surface area contributed by atoms with Crippen molar-refractivity contribution in [1.82, 2.24) is 4.98 Å². The summed E-state index contributed by atoms with van der Waals surface area (Å²) < 4.78 is 10.6. The number of nitrogens with zero attached hydrogens (tertiary/aromatic N) is 2. The molecule has 180 valence electrons. The lowest BCUT2D eigenvalue weighted by molar-refractivity contribution is -0.132. The van der Waals surface area contributed by atoms with Gasteiger partial charge in [0.1, 0.15) is 16.8 Å². The predicted molar refractivity (Wildman–Crippen MR) is 135 cm³/mol. The van der Waals surface area contributed by atoms with Crippen LogP contribution in [0.3, 0.4) is 0 Å². The molecule has 1 aliphatic rings. The van der Waals surface area contributed by atoms with Gasteiger partial charge in [0.2, 0.25) is 0 Å². The van der Waals surface area contributed by atoms with Gasteiger partial charge in [-0.05, 0) is 43.7 Å². The molecule has 1 N–H and O–H groups in total. The summed E-state index contributed by atoms with van der Waals surface area (Å²) in [6.07, 6.45) is 1.55. The number of anilines is 1. The summed E-state index contributed by atoms with van der Waals surface area (Å²) >= 11 is 12.7. The van der Waals surface area contributed by atoms with E-state index in [1.807, 2.05) is 26.0 Å². The van der Waals surface area contributed by atoms with Gasteiger partial charge in [-0.25, -0.2) is 0 Å². The zero-order valence-corrected chi connectivity index (χ0v) is 20.9. The molecular formula is C26H22Cl2N2O5. The zero-order valence-electron chi connectivity index (χ0n) is 19.4. The molecule has 0 bridgehead atoms. The number of carbonyl (C=O) groups excluding carboxylic acids is 2. The Bertz CT molecular complexity index is 1370. The maximum absolute atomic E-state index is 13.4. The van der Waals surface area contributed by atoms with E-state index in [1.54, 1.807) is 30.5 Å². The van der Waals surface area contributed by atoms with Gasteiger partial charge < -0.3 is 14.6 Å². The predicted octanol–water partition coefficient (Wildman–Crippen LogP) is 5.65. The summed E-state index contributed by atoms with van der Waals surface area (Å²) in [4.78, 5) is 32.5. The van der Waals surface area contributed by atoms with Crippen LogP contribution in [-0.4, -0.2) is 36.0 Å². The standard InChI is InChI=1S/C26H22Cl2N2O5/c1-13-8-9-18(14(2)11-13)30-21(17-7-5-6-10-29-17)19(23(32)26(30)33)22(31)15-12-16(27)25(35-4)20(28)24(15)34-3/h5-12,21,31H,1-4H3/b22-19+. The van der Waals surface area contributed by atoms with Crippen molar-refractivity contribution in [1.29, 1.82) is 0 Å². The zero-order chi connectivity index (χ0) is 25.4. The van der Waals surface area contributed by atoms with E-state index >= 15 is 0 Å². The smallest absolute Gasteiger partial charge is 0.300 e. The molecule has 1 amide bonds. The molecule has 1 aromatic heterocycles. The van der Waals surface area contributed by atoms with Gasteiger partial charge >= 0.3 is 0 Å². The number of Topliss-reactive ketones (excluding diaryl/α,β-unsaturated/α-hetero) is 1. The van der Waals surface area contributed by atoms with Crippen molar-refractivity contribution in [2.45, 2.75) is 19.9 Å². The first-order valence-electron chi connectivity index (χ1n) is 10.6. The Kier molecular flexibility index (Phi) is 6.74. The van der Waals surface area contributed by atoms with Gasteiger partial charge in [0.25, 0.3) is 11.7 Å². The fraction of sp³-hybridized carbons (Fsp3) is 0.192. The number of pyridine rings is 1. The Balaban J connectivity index is 2.02. The average Bonchev–Trinajstić information content (AvgIpc) is 3.09. The Morgan fingerprint density at radius 2 is 1.74 bits per heavy atom. The molecule has 1 saturated heterocycles. The Labute approximate surface area is 212 Å². The van der Waals surface area contributed by atoms with Crippen molar-refractivity contribution in [3.05, 3.63) is 86.7 Å². The number of amides is 1. The Morgan fingerprint density at radius 1 is 1.03 bits per heavy atom. The average molecular weight is 513 g/mol. The maximum atomic E-state index is 13.4. The van der Waals surface area contributed by atoms with Crippen LogP contribution < -0.4 is 14.4 Å². The highest BCUT2D eigenvalue weighted by molar-refractivity contribution is 6.52. The van der Waals surface area contributed by atoms with E-state index in [0.29, 0.717) is 11.4 Å². The first-order valence-corrected chi connectivity index (χ1v) is 11.4. The summed E-state index contributed by atoms with van der Waals surface area (Å²) in [6, 6.07) is 11.1. The maximum Gasteiger partial charge on any atom is 0.300 e. The molecule has 1 unspecified atom stereocenters. The normalized spacial score (nSPS) is 17.1. The number of ketones is 1. The van der Waals surface area contributed by atoms with E-state index in [9.17, 15) is 14.7 Å². The minimum Gasteiger partial charge on any atom is -0.507 e. The number of carbonyl (C=O) groups is 2. The summed E-state index contributed by atoms with van der Waals surface area (Å²) in [5, 5.41) is 11.6. The van der Waals surface area contributed by atoms with Crippen LogP contribution in [0.1, 0.15) is 28.4 Å². The first-order chi connectivity index (χ1) is 16.7. The minimum atomic E-state index is -0.998. The van der Waals surface area contributed by atoms with Crippen LogP contribution in [0.2, 0.25) is 10.0 Å². The molecule has 1 aliphatic heterocycles. The highest BCUT2D eigenvalue weighted by Crippen LogP contribution is 2.48. The van der Waals surface area contributed by atoms with Crippen molar-refractivity contribution >= 4 is 46.3 Å². The second-order valence-corrected chi connectivity index (χ2v) is 8.79. The molecule has 1 fully saturated rings. The molecule has 0 aliphatic carbocycles. The topological polar surface area (TPSA) is 89.0 Å². The molecule has 0 saturated carbocycles. The van der Waals surface area contributed by atoms with Gasteiger partial charge in [-0.1, -0.05) is 47.0 Å². The molecule has 2 heterocycles. The van der Waals surface area contributed by atoms with Gasteiger partial charge in [-0.3, -0.25) is 19.5 Å². The van der Waals surface area contributed by atoms with E-state index in [2.05, 4.69) is 4.98 Å². The number of halogens is 2. The second kappa shape index (κ2) is 9.60. The molecule has 4 rings (SSSR count). The third-order valence-corrected chi connectivity index (χ3v) is 6.44. The fourth-order valence-corrected chi connectivity index (χ4v) is 4.95. The number of benzene rings is 2. The molecule has 35 heavy (non-hydrogen) atoms. The largest absolute Gasteiger partial charge is 0.507 e. The third kappa shape index (κ3) is 4.11. The lowest BCUT2D eigenvalue weighted by Crippen LogP contribution is -2.30. The number of hydrogen-bond acceptors (Lipinski definition) is 6. The number of aliphatic hydroxyl groups excluding tert-OH is 1. The number of rotatable bonds is 5. The van der Waals surface area contributed by atoms with Crippen molar-refractivity contribution in [3.8, 4) is 11.5 Å². The second-order valence-electron chi connectivity index (χ2n) is 8.00. The van der Waals surface area contributed by atoms with Crippen LogP contribution >= 0.6 is 23.2 Å². The molecule has 7 nitrogen and oxygen atoms in total. The molecule has 0 spiro atoms. The van der Waals surface area contributed by atoms with Gasteiger partial charge in [0.15, 0.2) is 11.5 Å². The van der Waals surface area contributed by atoms with Crippen LogP contribution in [0.4, 0.5) is 5.69 Å². The number of aromatic nitrogens is 1. The monoisotopic (exact) mass is 512 g/mol. The third-order valence-electron chi connectivity index (χ3n) is 5.82. The van der Waals surface area contributed by atoms with E-state index in [0.717, 1.165) is 11.1 Å². The quantitative estimate of drug-likeness (QED) is 0.270. The lowest BCUT2D eigenvalue weighted by Gasteiger charge is -2.26. The number of aryl methyl sites for hydroxylation is 2. The van der Waals surface area contributed by atoms with Gasteiger partial charge in [0, 0.05) is 11.9 Å². The van der Waals surface area contributed by atoms with Crippen LogP contribution in [0.25, 0.3) is 5.76 Å². The number of aliphatic hydroxyl groups is 1. The number of methoxy groups -OCH3 is 2. The van der Waals surface area contributed by atoms with Crippen molar-refractivity contribution in [3.63, 3.8) is 0 Å². The summed E-state index contributed by atoms with van der Waals surface area (Å²) in [7, 11) is 2.75. The van der Waals surface area contributed by atoms with E-state index < -0.39 is 23.5 Å². The van der Waals surface area contributed by atoms with Crippen molar-refractivity contribution < 1.29 is 24.2 Å². The Hall–Kier alpha value is -3.55. The highest BCUT2D eigenvalue weighted by atomic mass is 35.5. The summed E-state index contributed by atoms with van der Waals surface area (Å²) in [5.74, 6) is -1.96. The number of ether oxygens (including phenoxy) is 2. The molecule has 2 aromatic carbocycles. The summed E-state index contributed by atoms with van der Waals surface area (Å²) in [5.41, 5.74) is 2.61. The van der Waals surface area contributed by atoms with Crippen molar-refractivity contribution in [2.75, 3.05) is 19.1 Å². The van der Waals surface area contributed by atoms with Crippen LogP contribution in [0.15, 0.2) is 54.2 Å². The van der Waals surface area contributed by atoms with Gasteiger partial charge in [-0.15, -0.1) is 0 Å².